The maximum Gasteiger partial charge on any atom is 0.327 e. The van der Waals surface area contributed by atoms with E-state index in [0.717, 1.165) is 37.5 Å². The Morgan fingerprint density at radius 2 is 1.97 bits per heavy atom. The average molecular weight is 419 g/mol. The van der Waals surface area contributed by atoms with Crippen LogP contribution in [0.5, 0.6) is 6.01 Å². The van der Waals surface area contributed by atoms with Crippen molar-refractivity contribution in [2.45, 2.75) is 72.3 Å². The van der Waals surface area contributed by atoms with Gasteiger partial charge < -0.3 is 20.4 Å². The number of imidazole rings is 1. The predicted octanol–water partition coefficient (Wildman–Crippen LogP) is 3.42. The summed E-state index contributed by atoms with van der Waals surface area (Å²) in [7, 11) is 0. The number of aryl methyl sites for hydroxylation is 1. The second-order valence-corrected chi connectivity index (χ2v) is 9.01. The summed E-state index contributed by atoms with van der Waals surface area (Å²) < 4.78 is 7.27. The number of aromatic amines is 1. The van der Waals surface area contributed by atoms with Gasteiger partial charge in [0.15, 0.2) is 11.5 Å². The lowest BCUT2D eigenvalue weighted by Crippen LogP contribution is -2.36. The molecule has 0 atom stereocenters. The SMILES string of the molecule is CCCCOc1nc(N)c2[nH]c(=O)n(CCCCC3CCN(CC(C)C)CC3)c2n1. The summed E-state index contributed by atoms with van der Waals surface area (Å²) >= 11 is 0. The molecule has 0 unspecified atom stereocenters. The van der Waals surface area contributed by atoms with Gasteiger partial charge in [0.05, 0.1) is 6.61 Å². The van der Waals surface area contributed by atoms with Gasteiger partial charge in [-0.1, -0.05) is 40.0 Å². The Kier molecular flexibility index (Phi) is 8.13. The second kappa shape index (κ2) is 10.8. The number of piperidine rings is 1. The molecule has 0 radical (unpaired) electrons. The molecule has 3 rings (SSSR count). The molecule has 0 aliphatic carbocycles. The van der Waals surface area contributed by atoms with Crippen molar-refractivity contribution in [1.82, 2.24) is 24.4 Å². The predicted molar refractivity (Wildman–Crippen MR) is 121 cm³/mol. The Bertz CT molecular complexity index is 851. The van der Waals surface area contributed by atoms with E-state index in [1.54, 1.807) is 4.57 Å². The van der Waals surface area contributed by atoms with Crippen molar-refractivity contribution in [3.05, 3.63) is 10.5 Å². The quantitative estimate of drug-likeness (QED) is 0.542. The van der Waals surface area contributed by atoms with Gasteiger partial charge in [0.1, 0.15) is 5.52 Å². The van der Waals surface area contributed by atoms with Crippen molar-refractivity contribution in [2.24, 2.45) is 11.8 Å². The van der Waals surface area contributed by atoms with Gasteiger partial charge in [-0.15, -0.1) is 0 Å². The first-order chi connectivity index (χ1) is 14.5. The Morgan fingerprint density at radius 3 is 2.67 bits per heavy atom. The monoisotopic (exact) mass is 418 g/mol. The number of nitrogens with one attached hydrogen (secondary N) is 1. The summed E-state index contributed by atoms with van der Waals surface area (Å²) in [6.07, 6.45) is 7.85. The zero-order valence-electron chi connectivity index (χ0n) is 18.8. The van der Waals surface area contributed by atoms with E-state index in [9.17, 15) is 4.79 Å². The second-order valence-electron chi connectivity index (χ2n) is 9.01. The van der Waals surface area contributed by atoms with Crippen LogP contribution in [0.1, 0.15) is 65.7 Å². The van der Waals surface area contributed by atoms with Crippen LogP contribution in [0.2, 0.25) is 0 Å². The van der Waals surface area contributed by atoms with Gasteiger partial charge in [-0.05, 0) is 50.6 Å². The maximum absolute atomic E-state index is 12.4. The summed E-state index contributed by atoms with van der Waals surface area (Å²) in [4.78, 5) is 26.4. The van der Waals surface area contributed by atoms with E-state index < -0.39 is 0 Å². The van der Waals surface area contributed by atoms with Crippen LogP contribution in [0.4, 0.5) is 5.82 Å². The molecular formula is C22H38N6O2. The number of fused-ring (bicyclic) bond motifs is 1. The van der Waals surface area contributed by atoms with Crippen LogP contribution in [0.3, 0.4) is 0 Å². The van der Waals surface area contributed by atoms with Crippen molar-refractivity contribution in [1.29, 1.82) is 0 Å². The van der Waals surface area contributed by atoms with Gasteiger partial charge in [0, 0.05) is 13.1 Å². The molecule has 1 aliphatic heterocycles. The van der Waals surface area contributed by atoms with Crippen molar-refractivity contribution in [3.63, 3.8) is 0 Å². The highest BCUT2D eigenvalue weighted by Gasteiger charge is 2.19. The lowest BCUT2D eigenvalue weighted by Gasteiger charge is -2.33. The van der Waals surface area contributed by atoms with Crippen LogP contribution in [0.25, 0.3) is 11.2 Å². The summed E-state index contributed by atoms with van der Waals surface area (Å²) in [6, 6.07) is 0.245. The molecule has 0 bridgehead atoms. The third-order valence-electron chi connectivity index (χ3n) is 5.93. The topological polar surface area (TPSA) is 102 Å². The molecule has 168 valence electrons. The first-order valence-corrected chi connectivity index (χ1v) is 11.6. The van der Waals surface area contributed by atoms with Crippen LogP contribution < -0.4 is 16.2 Å². The van der Waals surface area contributed by atoms with Gasteiger partial charge in [-0.25, -0.2) is 4.79 Å². The molecule has 3 N–H and O–H groups in total. The van der Waals surface area contributed by atoms with Crippen LogP contribution in [0.15, 0.2) is 4.79 Å². The van der Waals surface area contributed by atoms with E-state index in [0.29, 0.717) is 24.3 Å². The zero-order valence-corrected chi connectivity index (χ0v) is 18.8. The summed E-state index contributed by atoms with van der Waals surface area (Å²) in [5.41, 5.74) is 6.88. The van der Waals surface area contributed by atoms with E-state index in [1.165, 1.54) is 38.9 Å². The van der Waals surface area contributed by atoms with Gasteiger partial charge >= 0.3 is 11.7 Å². The molecule has 2 aromatic rings. The van der Waals surface area contributed by atoms with Gasteiger partial charge in [0.25, 0.3) is 0 Å². The lowest BCUT2D eigenvalue weighted by molar-refractivity contribution is 0.161. The van der Waals surface area contributed by atoms with Gasteiger partial charge in [-0.2, -0.15) is 9.97 Å². The van der Waals surface area contributed by atoms with Gasteiger partial charge in [0.2, 0.25) is 0 Å². The fourth-order valence-electron chi connectivity index (χ4n) is 4.29. The van der Waals surface area contributed by atoms with Crippen molar-refractivity contribution in [3.8, 4) is 6.01 Å². The summed E-state index contributed by atoms with van der Waals surface area (Å²) in [5, 5.41) is 0. The number of aromatic nitrogens is 4. The van der Waals surface area contributed by atoms with E-state index in [4.69, 9.17) is 10.5 Å². The molecule has 0 saturated carbocycles. The summed E-state index contributed by atoms with van der Waals surface area (Å²) in [6.45, 7) is 11.5. The standard InChI is InChI=1S/C22H38N6O2/c1-4-5-14-30-21-25-19(23)18-20(26-21)28(22(29)24-18)11-7-6-8-17-9-12-27(13-10-17)15-16(2)3/h16-17H,4-15H2,1-3H3,(H,24,29)(H2,23,25,26). The first kappa shape index (κ1) is 22.6. The molecule has 2 aromatic heterocycles. The largest absolute Gasteiger partial charge is 0.463 e. The number of nitrogens with two attached hydrogens (primary N) is 1. The Labute approximate surface area is 179 Å². The molecule has 8 nitrogen and oxygen atoms in total. The minimum absolute atomic E-state index is 0.182. The van der Waals surface area contributed by atoms with Crippen molar-refractivity contribution in [2.75, 3.05) is 32.0 Å². The Morgan fingerprint density at radius 1 is 1.20 bits per heavy atom. The molecule has 0 spiro atoms. The highest BCUT2D eigenvalue weighted by atomic mass is 16.5. The number of H-pyrrole nitrogens is 1. The van der Waals surface area contributed by atoms with Crippen LogP contribution in [-0.4, -0.2) is 50.7 Å². The van der Waals surface area contributed by atoms with Crippen LogP contribution in [0, 0.1) is 11.8 Å². The maximum atomic E-state index is 12.4. The molecule has 1 saturated heterocycles. The minimum Gasteiger partial charge on any atom is -0.463 e. The first-order valence-electron chi connectivity index (χ1n) is 11.6. The number of anilines is 1. The number of ether oxygens (including phenoxy) is 1. The van der Waals surface area contributed by atoms with Crippen molar-refractivity contribution >= 4 is 17.0 Å². The highest BCUT2D eigenvalue weighted by molar-refractivity contribution is 5.81. The Balaban J connectivity index is 1.52. The number of hydrogen-bond acceptors (Lipinski definition) is 6. The Hall–Kier alpha value is -2.09. The molecule has 8 heteroatoms. The van der Waals surface area contributed by atoms with Crippen molar-refractivity contribution < 1.29 is 4.74 Å². The van der Waals surface area contributed by atoms with Crippen LogP contribution in [-0.2, 0) is 6.54 Å². The molecular weight excluding hydrogens is 380 g/mol. The highest BCUT2D eigenvalue weighted by Crippen LogP contribution is 2.24. The average Bonchev–Trinajstić information content (AvgIpc) is 3.02. The van der Waals surface area contributed by atoms with Gasteiger partial charge in [-0.3, -0.25) is 4.57 Å². The molecule has 3 heterocycles. The van der Waals surface area contributed by atoms with E-state index in [2.05, 4.69) is 40.6 Å². The fraction of sp³-hybridized carbons (Fsp3) is 0.773. The normalized spacial score (nSPS) is 16.0. The van der Waals surface area contributed by atoms with E-state index >= 15 is 0 Å². The molecule has 30 heavy (non-hydrogen) atoms. The van der Waals surface area contributed by atoms with E-state index in [-0.39, 0.29) is 17.5 Å². The smallest absolute Gasteiger partial charge is 0.327 e. The molecule has 0 amide bonds. The minimum atomic E-state index is -0.182. The molecule has 1 aliphatic rings. The van der Waals surface area contributed by atoms with E-state index in [1.807, 2.05) is 0 Å². The fourth-order valence-corrected chi connectivity index (χ4v) is 4.29. The molecule has 1 fully saturated rings. The number of unbranched alkanes of at least 4 members (excludes halogenated alkanes) is 2. The summed E-state index contributed by atoms with van der Waals surface area (Å²) in [5.74, 6) is 1.81. The third kappa shape index (κ3) is 5.97. The third-order valence-corrected chi connectivity index (χ3v) is 5.93. The lowest BCUT2D eigenvalue weighted by atomic mass is 9.91. The number of hydrogen-bond donors (Lipinski definition) is 2. The number of rotatable bonds is 11. The zero-order chi connectivity index (χ0) is 21.5. The number of likely N-dealkylation sites (tertiary alicyclic amines) is 1. The molecule has 0 aromatic carbocycles. The number of nitrogen functional groups attached to an aromatic ring is 1. The van der Waals surface area contributed by atoms with Crippen LogP contribution >= 0.6 is 0 Å². The number of nitrogens with zero attached hydrogens (tertiary/aromatic N) is 4.